The van der Waals surface area contributed by atoms with Crippen LogP contribution in [-0.4, -0.2) is 42.7 Å². The number of ether oxygens (including phenoxy) is 1. The van der Waals surface area contributed by atoms with Crippen LogP contribution >= 0.6 is 0 Å². The molecule has 0 amide bonds. The first-order valence-electron chi connectivity index (χ1n) is 6.22. The number of rotatable bonds is 4. The van der Waals surface area contributed by atoms with Crippen LogP contribution in [-0.2, 0) is 0 Å². The summed E-state index contributed by atoms with van der Waals surface area (Å²) in [5.74, 6) is 1.39. The Morgan fingerprint density at radius 2 is 2.29 bits per heavy atom. The maximum atomic E-state index is 6.18. The van der Waals surface area contributed by atoms with E-state index in [0.717, 1.165) is 18.8 Å². The predicted octanol–water partition coefficient (Wildman–Crippen LogP) is 1.13. The van der Waals surface area contributed by atoms with Gasteiger partial charge in [0.15, 0.2) is 0 Å². The second-order valence-corrected chi connectivity index (χ2v) is 4.80. The molecule has 1 aliphatic heterocycles. The summed E-state index contributed by atoms with van der Waals surface area (Å²) in [5, 5.41) is 0. The highest BCUT2D eigenvalue weighted by Crippen LogP contribution is 2.19. The molecule has 0 aromatic carbocycles. The van der Waals surface area contributed by atoms with Crippen LogP contribution < -0.4 is 10.5 Å². The molecule has 2 heterocycles. The third kappa shape index (κ3) is 3.68. The Hall–Kier alpha value is -1.13. The lowest BCUT2D eigenvalue weighted by molar-refractivity contribution is 0.166. The Bertz CT molecular complexity index is 323. The summed E-state index contributed by atoms with van der Waals surface area (Å²) in [6, 6.07) is 3.91. The summed E-state index contributed by atoms with van der Waals surface area (Å²) in [4.78, 5) is 6.36. The Labute approximate surface area is 103 Å². The minimum Gasteiger partial charge on any atom is -0.490 e. The van der Waals surface area contributed by atoms with E-state index in [-0.39, 0.29) is 6.04 Å². The molecule has 1 atom stereocenters. The van der Waals surface area contributed by atoms with Crippen molar-refractivity contribution < 1.29 is 4.74 Å². The largest absolute Gasteiger partial charge is 0.490 e. The van der Waals surface area contributed by atoms with Gasteiger partial charge in [0, 0.05) is 12.2 Å². The summed E-state index contributed by atoms with van der Waals surface area (Å²) in [5.41, 5.74) is 6.18. The quantitative estimate of drug-likeness (QED) is 0.850. The molecule has 1 aromatic rings. The first-order chi connectivity index (χ1) is 8.25. The van der Waals surface area contributed by atoms with Crippen LogP contribution in [0.15, 0.2) is 24.5 Å². The van der Waals surface area contributed by atoms with Gasteiger partial charge in [0.05, 0.1) is 6.20 Å². The number of piperidine rings is 1. The molecule has 1 aromatic heterocycles. The summed E-state index contributed by atoms with van der Waals surface area (Å²) in [6.07, 6.45) is 5.81. The molecule has 0 radical (unpaired) electrons. The van der Waals surface area contributed by atoms with Crippen molar-refractivity contribution in [1.29, 1.82) is 0 Å². The lowest BCUT2D eigenvalue weighted by Gasteiger charge is -2.32. The number of aromatic nitrogens is 1. The molecule has 17 heavy (non-hydrogen) atoms. The Kier molecular flexibility index (Phi) is 4.34. The van der Waals surface area contributed by atoms with E-state index in [1.54, 1.807) is 12.4 Å². The summed E-state index contributed by atoms with van der Waals surface area (Å²) in [7, 11) is 2.16. The van der Waals surface area contributed by atoms with Gasteiger partial charge in [0.2, 0.25) is 0 Å². The number of pyridine rings is 1. The van der Waals surface area contributed by atoms with Crippen LogP contribution in [0.5, 0.6) is 5.75 Å². The van der Waals surface area contributed by atoms with Crippen molar-refractivity contribution in [3.8, 4) is 5.75 Å². The van der Waals surface area contributed by atoms with Crippen molar-refractivity contribution in [1.82, 2.24) is 9.88 Å². The van der Waals surface area contributed by atoms with Crippen LogP contribution in [0, 0.1) is 5.92 Å². The number of likely N-dealkylation sites (tertiary alicyclic amines) is 1. The fraction of sp³-hybridized carbons (Fsp3) is 0.615. The van der Waals surface area contributed by atoms with Crippen LogP contribution in [0.4, 0.5) is 0 Å². The molecule has 4 heteroatoms. The fourth-order valence-corrected chi connectivity index (χ4v) is 2.22. The third-order valence-electron chi connectivity index (χ3n) is 3.45. The van der Waals surface area contributed by atoms with Gasteiger partial charge in [-0.05, 0) is 51.0 Å². The van der Waals surface area contributed by atoms with E-state index in [4.69, 9.17) is 10.5 Å². The minimum atomic E-state index is 0.129. The number of nitrogens with zero attached hydrogens (tertiary/aromatic N) is 2. The molecule has 0 saturated carbocycles. The van der Waals surface area contributed by atoms with Crippen molar-refractivity contribution in [2.45, 2.75) is 18.9 Å². The summed E-state index contributed by atoms with van der Waals surface area (Å²) in [6.45, 7) is 2.87. The average molecular weight is 235 g/mol. The van der Waals surface area contributed by atoms with E-state index < -0.39 is 0 Å². The van der Waals surface area contributed by atoms with Gasteiger partial charge < -0.3 is 15.4 Å². The average Bonchev–Trinajstić information content (AvgIpc) is 2.38. The number of hydrogen-bond acceptors (Lipinski definition) is 4. The Morgan fingerprint density at radius 1 is 1.53 bits per heavy atom. The van der Waals surface area contributed by atoms with E-state index in [2.05, 4.69) is 16.9 Å². The van der Waals surface area contributed by atoms with E-state index in [1.165, 1.54) is 12.8 Å². The molecular formula is C13H21N3O. The zero-order valence-corrected chi connectivity index (χ0v) is 10.4. The monoisotopic (exact) mass is 235 g/mol. The molecule has 1 unspecified atom stereocenters. The first-order valence-corrected chi connectivity index (χ1v) is 6.22. The molecule has 1 saturated heterocycles. The summed E-state index contributed by atoms with van der Waals surface area (Å²) < 4.78 is 5.65. The standard InChI is InChI=1S/C13H21N3O/c1-16-7-4-11(5-8-16)13(14)10-17-12-3-2-6-15-9-12/h2-3,6,9,11,13H,4-5,7-8,10,14H2,1H3. The summed E-state index contributed by atoms with van der Waals surface area (Å²) >= 11 is 0. The van der Waals surface area contributed by atoms with Crippen LogP contribution in [0.3, 0.4) is 0 Å². The molecule has 0 aliphatic carbocycles. The third-order valence-corrected chi connectivity index (χ3v) is 3.45. The maximum absolute atomic E-state index is 6.18. The fourth-order valence-electron chi connectivity index (χ4n) is 2.22. The van der Waals surface area contributed by atoms with Crippen molar-refractivity contribution in [3.63, 3.8) is 0 Å². The molecule has 0 bridgehead atoms. The lowest BCUT2D eigenvalue weighted by atomic mass is 9.90. The van der Waals surface area contributed by atoms with Gasteiger partial charge in [0.25, 0.3) is 0 Å². The maximum Gasteiger partial charge on any atom is 0.137 e. The number of nitrogens with two attached hydrogens (primary N) is 1. The van der Waals surface area contributed by atoms with Gasteiger partial charge in [-0.25, -0.2) is 0 Å². The van der Waals surface area contributed by atoms with Gasteiger partial charge in [-0.1, -0.05) is 0 Å². The molecule has 1 aliphatic rings. The topological polar surface area (TPSA) is 51.4 Å². The molecular weight excluding hydrogens is 214 g/mol. The normalized spacial score (nSPS) is 20.1. The van der Waals surface area contributed by atoms with Crippen molar-refractivity contribution >= 4 is 0 Å². The Morgan fingerprint density at radius 3 is 2.94 bits per heavy atom. The van der Waals surface area contributed by atoms with Crippen molar-refractivity contribution in [2.24, 2.45) is 11.7 Å². The van der Waals surface area contributed by atoms with Crippen molar-refractivity contribution in [2.75, 3.05) is 26.7 Å². The highest BCUT2D eigenvalue weighted by molar-refractivity contribution is 5.15. The molecule has 4 nitrogen and oxygen atoms in total. The Balaban J connectivity index is 1.75. The van der Waals surface area contributed by atoms with Crippen LogP contribution in [0.2, 0.25) is 0 Å². The second kappa shape index (κ2) is 5.98. The predicted molar refractivity (Wildman–Crippen MR) is 67.9 cm³/mol. The highest BCUT2D eigenvalue weighted by Gasteiger charge is 2.22. The molecule has 2 rings (SSSR count). The van der Waals surface area contributed by atoms with Crippen LogP contribution in [0.1, 0.15) is 12.8 Å². The zero-order valence-electron chi connectivity index (χ0n) is 10.4. The number of hydrogen-bond donors (Lipinski definition) is 1. The van der Waals surface area contributed by atoms with Gasteiger partial charge in [-0.15, -0.1) is 0 Å². The molecule has 2 N–H and O–H groups in total. The SMILES string of the molecule is CN1CCC(C(N)COc2cccnc2)CC1. The second-order valence-electron chi connectivity index (χ2n) is 4.80. The van der Waals surface area contributed by atoms with E-state index >= 15 is 0 Å². The first kappa shape index (κ1) is 12.3. The highest BCUT2D eigenvalue weighted by atomic mass is 16.5. The van der Waals surface area contributed by atoms with Crippen LogP contribution in [0.25, 0.3) is 0 Å². The molecule has 94 valence electrons. The van der Waals surface area contributed by atoms with Crippen molar-refractivity contribution in [3.05, 3.63) is 24.5 Å². The minimum absolute atomic E-state index is 0.129. The van der Waals surface area contributed by atoms with Gasteiger partial charge >= 0.3 is 0 Å². The molecule has 0 spiro atoms. The van der Waals surface area contributed by atoms with Gasteiger partial charge in [-0.3, -0.25) is 4.98 Å². The zero-order chi connectivity index (χ0) is 12.1. The van der Waals surface area contributed by atoms with Gasteiger partial charge in [0.1, 0.15) is 12.4 Å². The van der Waals surface area contributed by atoms with E-state index in [1.807, 2.05) is 12.1 Å². The van der Waals surface area contributed by atoms with E-state index in [9.17, 15) is 0 Å². The van der Waals surface area contributed by atoms with Gasteiger partial charge in [-0.2, -0.15) is 0 Å². The van der Waals surface area contributed by atoms with E-state index in [0.29, 0.717) is 12.5 Å². The lowest BCUT2D eigenvalue weighted by Crippen LogP contribution is -2.42. The molecule has 1 fully saturated rings. The smallest absolute Gasteiger partial charge is 0.137 e.